The van der Waals surface area contributed by atoms with E-state index in [2.05, 4.69) is 10.2 Å². The Morgan fingerprint density at radius 2 is 1.07 bits per heavy atom. The van der Waals surface area contributed by atoms with Crippen LogP contribution in [0.4, 0.5) is 0 Å². The number of nitrogens with zero attached hydrogens (tertiary/aromatic N) is 4. The van der Waals surface area contributed by atoms with Gasteiger partial charge in [-0.05, 0) is 24.3 Å². The summed E-state index contributed by atoms with van der Waals surface area (Å²) in [7, 11) is 0. The summed E-state index contributed by atoms with van der Waals surface area (Å²) in [6.45, 7) is 2.75. The van der Waals surface area contributed by atoms with E-state index < -0.39 is 12.5 Å². The number of hydrogen-bond donors (Lipinski definition) is 0. The number of amides is 2. The van der Waals surface area contributed by atoms with E-state index in [-0.39, 0.29) is 23.6 Å². The molecule has 0 N–H and O–H groups in total. The molecule has 2 aromatic rings. The first-order valence-electron chi connectivity index (χ1n) is 8.75. The fraction of sp³-hybridized carbons (Fsp3) is 0.200. The minimum atomic E-state index is -0.957. The third-order valence-electron chi connectivity index (χ3n) is 4.27. The van der Waals surface area contributed by atoms with Crippen molar-refractivity contribution in [3.8, 4) is 0 Å². The summed E-state index contributed by atoms with van der Waals surface area (Å²) in [6, 6.07) is 18.4. The highest BCUT2D eigenvalue weighted by atomic mass is 16.6. The summed E-state index contributed by atoms with van der Waals surface area (Å²) in [5.41, 5.74) is 1.43. The minimum absolute atomic E-state index is 0.279. The van der Waals surface area contributed by atoms with Gasteiger partial charge >= 0.3 is 0 Å². The van der Waals surface area contributed by atoms with Gasteiger partial charge in [-0.3, -0.25) is 9.59 Å². The van der Waals surface area contributed by atoms with Gasteiger partial charge in [-0.25, -0.2) is 0 Å². The fourth-order valence-electron chi connectivity index (χ4n) is 2.96. The van der Waals surface area contributed by atoms with Gasteiger partial charge in [0.1, 0.15) is 0 Å². The quantitative estimate of drug-likeness (QED) is 0.819. The van der Waals surface area contributed by atoms with Crippen LogP contribution in [-0.2, 0) is 19.1 Å². The van der Waals surface area contributed by atoms with Crippen LogP contribution in [0, 0.1) is 0 Å². The molecule has 0 fully saturated rings. The number of ether oxygens (including phenoxy) is 2. The number of carbonyl (C=O) groups excluding carboxylic acids is 2. The Kier molecular flexibility index (Phi) is 4.52. The lowest BCUT2D eigenvalue weighted by atomic mass is 10.2. The summed E-state index contributed by atoms with van der Waals surface area (Å²) < 4.78 is 11.9. The molecular weight excluding hydrogens is 360 g/mol. The molecule has 2 amide bonds. The molecule has 2 aromatic carbocycles. The van der Waals surface area contributed by atoms with Crippen LogP contribution in [0.5, 0.6) is 0 Å². The van der Waals surface area contributed by atoms with Crippen LogP contribution in [0.25, 0.3) is 0 Å². The molecule has 0 radical (unpaired) electrons. The van der Waals surface area contributed by atoms with Gasteiger partial charge in [0.05, 0.1) is 0 Å². The Bertz CT molecular complexity index is 879. The van der Waals surface area contributed by atoms with E-state index in [1.807, 2.05) is 60.7 Å². The SMILES string of the molecule is CC(=O)N1N=C(c2ccccc2)O[C@@H]1[C@H]1OC(c2ccccc2)=NN1C(C)=O. The highest BCUT2D eigenvalue weighted by Crippen LogP contribution is 2.28. The van der Waals surface area contributed by atoms with Crippen molar-refractivity contribution in [2.75, 3.05) is 0 Å². The van der Waals surface area contributed by atoms with E-state index in [9.17, 15) is 9.59 Å². The van der Waals surface area contributed by atoms with Crippen LogP contribution in [0.2, 0.25) is 0 Å². The molecule has 4 rings (SSSR count). The predicted octanol–water partition coefficient (Wildman–Crippen LogP) is 2.12. The molecule has 2 aliphatic rings. The fourth-order valence-corrected chi connectivity index (χ4v) is 2.96. The lowest BCUT2D eigenvalue weighted by molar-refractivity contribution is -0.158. The van der Waals surface area contributed by atoms with E-state index in [1.54, 1.807) is 0 Å². The first-order chi connectivity index (χ1) is 13.5. The summed E-state index contributed by atoms with van der Waals surface area (Å²) >= 11 is 0. The van der Waals surface area contributed by atoms with Crippen LogP contribution in [0.1, 0.15) is 25.0 Å². The van der Waals surface area contributed by atoms with Crippen molar-refractivity contribution in [2.24, 2.45) is 10.2 Å². The van der Waals surface area contributed by atoms with Crippen molar-refractivity contribution in [1.82, 2.24) is 10.0 Å². The maximum atomic E-state index is 12.2. The molecule has 142 valence electrons. The molecule has 2 heterocycles. The summed E-state index contributed by atoms with van der Waals surface area (Å²) in [6.07, 6.45) is -1.91. The maximum Gasteiger partial charge on any atom is 0.254 e. The number of benzene rings is 2. The molecule has 2 atom stereocenters. The van der Waals surface area contributed by atoms with E-state index in [1.165, 1.54) is 23.9 Å². The maximum absolute atomic E-state index is 12.2. The molecular formula is C20H18N4O4. The van der Waals surface area contributed by atoms with Crippen molar-refractivity contribution < 1.29 is 19.1 Å². The zero-order valence-corrected chi connectivity index (χ0v) is 15.4. The van der Waals surface area contributed by atoms with Crippen LogP contribution in [0.3, 0.4) is 0 Å². The van der Waals surface area contributed by atoms with Crippen LogP contribution < -0.4 is 0 Å². The Hall–Kier alpha value is -3.68. The molecule has 0 saturated carbocycles. The van der Waals surface area contributed by atoms with Crippen LogP contribution in [0.15, 0.2) is 70.9 Å². The highest BCUT2D eigenvalue weighted by molar-refractivity contribution is 5.97. The van der Waals surface area contributed by atoms with Crippen molar-refractivity contribution in [2.45, 2.75) is 26.3 Å². The second kappa shape index (κ2) is 7.15. The van der Waals surface area contributed by atoms with Gasteiger partial charge in [-0.15, -0.1) is 10.2 Å². The Morgan fingerprint density at radius 3 is 1.39 bits per heavy atom. The topological polar surface area (TPSA) is 83.8 Å². The van der Waals surface area contributed by atoms with Crippen molar-refractivity contribution in [3.63, 3.8) is 0 Å². The minimum Gasteiger partial charge on any atom is -0.444 e. The van der Waals surface area contributed by atoms with Gasteiger partial charge in [0, 0.05) is 25.0 Å². The number of hydrogen-bond acceptors (Lipinski definition) is 6. The zero-order chi connectivity index (χ0) is 19.7. The Labute approximate surface area is 161 Å². The summed E-state index contributed by atoms with van der Waals surface area (Å²) in [4.78, 5) is 24.3. The molecule has 2 aliphatic heterocycles. The summed E-state index contributed by atoms with van der Waals surface area (Å²) in [5.74, 6) is -0.116. The monoisotopic (exact) mass is 378 g/mol. The second-order valence-corrected chi connectivity index (χ2v) is 6.29. The van der Waals surface area contributed by atoms with E-state index in [4.69, 9.17) is 9.47 Å². The third kappa shape index (κ3) is 3.20. The molecule has 0 unspecified atom stereocenters. The Morgan fingerprint density at radius 1 is 0.714 bits per heavy atom. The smallest absolute Gasteiger partial charge is 0.254 e. The van der Waals surface area contributed by atoms with E-state index in [0.717, 1.165) is 0 Å². The second-order valence-electron chi connectivity index (χ2n) is 6.29. The third-order valence-corrected chi connectivity index (χ3v) is 4.27. The molecule has 28 heavy (non-hydrogen) atoms. The van der Waals surface area contributed by atoms with E-state index in [0.29, 0.717) is 11.1 Å². The van der Waals surface area contributed by atoms with Gasteiger partial charge in [0.25, 0.3) is 12.5 Å². The molecule has 8 nitrogen and oxygen atoms in total. The lowest BCUT2D eigenvalue weighted by Gasteiger charge is -2.27. The largest absolute Gasteiger partial charge is 0.444 e. The number of carbonyl (C=O) groups is 2. The van der Waals surface area contributed by atoms with Gasteiger partial charge in [-0.1, -0.05) is 36.4 Å². The first kappa shape index (κ1) is 17.7. The highest BCUT2D eigenvalue weighted by Gasteiger charge is 2.47. The number of rotatable bonds is 3. The zero-order valence-electron chi connectivity index (χ0n) is 15.4. The molecule has 0 aliphatic carbocycles. The molecule has 0 aromatic heterocycles. The Balaban J connectivity index is 1.64. The van der Waals surface area contributed by atoms with Crippen molar-refractivity contribution >= 4 is 23.6 Å². The molecule has 0 saturated heterocycles. The van der Waals surface area contributed by atoms with Crippen molar-refractivity contribution in [3.05, 3.63) is 71.8 Å². The average molecular weight is 378 g/mol. The van der Waals surface area contributed by atoms with E-state index >= 15 is 0 Å². The standard InChI is InChI=1S/C20H18N4O4/c1-13(25)23-19(27-17(21-23)15-9-5-3-6-10-15)20-24(14(2)26)22-18(28-20)16-11-7-4-8-12-16/h3-12,19-20H,1-2H3/t19-,20-/m1/s1. The van der Waals surface area contributed by atoms with Crippen LogP contribution >= 0.6 is 0 Å². The lowest BCUT2D eigenvalue weighted by Crippen LogP contribution is -2.49. The van der Waals surface area contributed by atoms with Gasteiger partial charge in [-0.2, -0.15) is 10.0 Å². The van der Waals surface area contributed by atoms with Gasteiger partial charge in [0.2, 0.25) is 23.6 Å². The normalized spacial score (nSPS) is 20.9. The van der Waals surface area contributed by atoms with Crippen LogP contribution in [-0.4, -0.2) is 46.1 Å². The summed E-state index contributed by atoms with van der Waals surface area (Å²) in [5, 5.41) is 10.9. The van der Waals surface area contributed by atoms with Gasteiger partial charge < -0.3 is 9.47 Å². The van der Waals surface area contributed by atoms with Crippen molar-refractivity contribution in [1.29, 1.82) is 0 Å². The predicted molar refractivity (Wildman–Crippen MR) is 101 cm³/mol. The molecule has 0 spiro atoms. The number of hydrazone groups is 2. The molecule has 0 bridgehead atoms. The first-order valence-corrected chi connectivity index (χ1v) is 8.75. The van der Waals surface area contributed by atoms with Gasteiger partial charge in [0.15, 0.2) is 0 Å². The average Bonchev–Trinajstić information content (AvgIpc) is 3.34. The molecule has 8 heteroatoms.